The minimum absolute atomic E-state index is 1.29. The molecule has 0 rings (SSSR count). The second-order valence-electron chi connectivity index (χ2n) is 1.57. The van der Waals surface area contributed by atoms with Gasteiger partial charge in [-0.1, -0.05) is 0 Å². The third-order valence-corrected chi connectivity index (χ3v) is 1.16. The van der Waals surface area contributed by atoms with E-state index in [2.05, 4.69) is 19.9 Å². The molecule has 0 radical (unpaired) electrons. The van der Waals surface area contributed by atoms with E-state index < -0.39 is 0 Å². The summed E-state index contributed by atoms with van der Waals surface area (Å²) < 4.78 is 0. The Morgan fingerprint density at radius 1 is 1.67 bits per heavy atom. The van der Waals surface area contributed by atoms with Gasteiger partial charge in [0.2, 0.25) is 0 Å². The third kappa shape index (κ3) is 4.36. The maximum atomic E-state index is 2.26. The predicted octanol–water partition coefficient (Wildman–Crippen LogP) is 1.92. The number of allylic oxidation sites excluding steroid dienone is 2. The first-order valence-corrected chi connectivity index (χ1v) is 4.29. The van der Waals surface area contributed by atoms with Crippen molar-refractivity contribution < 1.29 is 18.3 Å². The Morgan fingerprint density at radius 3 is 2.17 bits per heavy atom. The van der Waals surface area contributed by atoms with Crippen LogP contribution in [0.15, 0.2) is 11.6 Å². The van der Waals surface area contributed by atoms with Crippen LogP contribution in [0.5, 0.6) is 0 Å². The molecule has 0 aliphatic carbocycles. The van der Waals surface area contributed by atoms with Crippen LogP contribution in [0.1, 0.15) is 13.8 Å². The summed E-state index contributed by atoms with van der Waals surface area (Å²) in [5.74, 6) is 0. The molecule has 0 bridgehead atoms. The van der Waals surface area contributed by atoms with Gasteiger partial charge in [-0.2, -0.15) is 0 Å². The molecule has 0 aliphatic rings. The SMILES string of the molecule is CC(C)=C[CH2][Zn]. The van der Waals surface area contributed by atoms with E-state index in [-0.39, 0.29) is 0 Å². The molecule has 0 heterocycles. The summed E-state index contributed by atoms with van der Waals surface area (Å²) in [6, 6.07) is 0. The second-order valence-corrected chi connectivity index (χ2v) is 2.78. The Kier molecular flexibility index (Phi) is 3.76. The molecule has 1 heteroatoms. The van der Waals surface area contributed by atoms with Crippen molar-refractivity contribution in [2.45, 2.75) is 18.9 Å². The molecule has 0 aliphatic heterocycles. The molecule has 0 aromatic carbocycles. The van der Waals surface area contributed by atoms with Gasteiger partial charge in [-0.3, -0.25) is 0 Å². The van der Waals surface area contributed by atoms with E-state index in [1.807, 2.05) is 0 Å². The van der Waals surface area contributed by atoms with Crippen LogP contribution in [-0.4, -0.2) is 0 Å². The summed E-state index contributed by atoms with van der Waals surface area (Å²) in [4.78, 5) is 0. The van der Waals surface area contributed by atoms with E-state index in [1.165, 1.54) is 28.9 Å². The van der Waals surface area contributed by atoms with Gasteiger partial charge in [0.25, 0.3) is 0 Å². The van der Waals surface area contributed by atoms with Crippen LogP contribution in [0.2, 0.25) is 5.02 Å². The van der Waals surface area contributed by atoms with E-state index in [1.54, 1.807) is 0 Å². The topological polar surface area (TPSA) is 0 Å². The molecule has 0 amide bonds. The summed E-state index contributed by atoms with van der Waals surface area (Å²) in [5, 5.41) is 1.29. The molecule has 0 unspecified atom stereocenters. The maximum absolute atomic E-state index is 2.26. The van der Waals surface area contributed by atoms with E-state index in [9.17, 15) is 0 Å². The first-order valence-electron chi connectivity index (χ1n) is 2.20. The van der Waals surface area contributed by atoms with Crippen LogP contribution < -0.4 is 0 Å². The van der Waals surface area contributed by atoms with Crippen molar-refractivity contribution in [2.24, 2.45) is 0 Å². The molecular weight excluding hydrogens is 125 g/mol. The zero-order chi connectivity index (χ0) is 4.99. The van der Waals surface area contributed by atoms with Crippen molar-refractivity contribution in [3.8, 4) is 0 Å². The zero-order valence-corrected chi connectivity index (χ0v) is 7.46. The second kappa shape index (κ2) is 3.55. The van der Waals surface area contributed by atoms with Gasteiger partial charge in [-0.05, 0) is 0 Å². The molecule has 0 spiro atoms. The standard InChI is InChI=1S/C5H9.Zn/c1-4-5(2)3;/h4H,1H2,2-3H3;. The van der Waals surface area contributed by atoms with Crippen molar-refractivity contribution in [1.82, 2.24) is 0 Å². The van der Waals surface area contributed by atoms with Gasteiger partial charge in [0.05, 0.1) is 0 Å². The molecule has 0 N–H and O–H groups in total. The van der Waals surface area contributed by atoms with Crippen molar-refractivity contribution in [3.63, 3.8) is 0 Å². The molecule has 0 saturated heterocycles. The average molecular weight is 135 g/mol. The summed E-state index contributed by atoms with van der Waals surface area (Å²) in [6.07, 6.45) is 2.26. The Bertz CT molecular complexity index is 51.0. The first kappa shape index (κ1) is 6.36. The molecular formula is C5H9Zn. The van der Waals surface area contributed by atoms with Crippen molar-refractivity contribution in [1.29, 1.82) is 0 Å². The van der Waals surface area contributed by atoms with Crippen LogP contribution in [0.3, 0.4) is 0 Å². The summed E-state index contributed by atoms with van der Waals surface area (Å²) in [6.45, 7) is 4.27. The molecule has 0 saturated carbocycles. The fraction of sp³-hybridized carbons (Fsp3) is 0.600. The summed E-state index contributed by atoms with van der Waals surface area (Å²) in [5.41, 5.74) is 1.45. The van der Waals surface area contributed by atoms with Gasteiger partial charge in [0.15, 0.2) is 0 Å². The Morgan fingerprint density at radius 2 is 2.17 bits per heavy atom. The molecule has 0 atom stereocenters. The van der Waals surface area contributed by atoms with E-state index in [0.29, 0.717) is 0 Å². The molecule has 0 fully saturated rings. The van der Waals surface area contributed by atoms with Crippen molar-refractivity contribution >= 4 is 0 Å². The van der Waals surface area contributed by atoms with Crippen LogP contribution in [-0.2, 0) is 18.3 Å². The molecule has 0 nitrogen and oxygen atoms in total. The predicted molar refractivity (Wildman–Crippen MR) is 24.2 cm³/mol. The van der Waals surface area contributed by atoms with Gasteiger partial charge >= 0.3 is 48.8 Å². The molecule has 31 valence electrons. The van der Waals surface area contributed by atoms with Crippen LogP contribution >= 0.6 is 0 Å². The minimum atomic E-state index is 1.29. The monoisotopic (exact) mass is 133 g/mol. The van der Waals surface area contributed by atoms with Gasteiger partial charge in [-0.15, -0.1) is 0 Å². The van der Waals surface area contributed by atoms with E-state index in [0.717, 1.165) is 0 Å². The zero-order valence-electron chi connectivity index (χ0n) is 4.49. The normalized spacial score (nSPS) is 8.00. The Labute approximate surface area is 49.3 Å². The molecule has 6 heavy (non-hydrogen) atoms. The summed E-state index contributed by atoms with van der Waals surface area (Å²) >= 11 is 1.39. The van der Waals surface area contributed by atoms with Crippen LogP contribution in [0.4, 0.5) is 0 Å². The first-order chi connectivity index (χ1) is 2.77. The van der Waals surface area contributed by atoms with Crippen molar-refractivity contribution in [3.05, 3.63) is 11.6 Å². The molecule has 0 aromatic rings. The Hall–Kier alpha value is 0.363. The number of hydrogen-bond acceptors (Lipinski definition) is 0. The van der Waals surface area contributed by atoms with Gasteiger partial charge in [0, 0.05) is 0 Å². The van der Waals surface area contributed by atoms with Gasteiger partial charge < -0.3 is 0 Å². The molecule has 0 aromatic heterocycles. The third-order valence-electron chi connectivity index (χ3n) is 0.553. The van der Waals surface area contributed by atoms with Gasteiger partial charge in [-0.25, -0.2) is 0 Å². The fourth-order valence-electron chi connectivity index (χ4n) is 0.289. The Balaban J connectivity index is 3.14. The summed E-state index contributed by atoms with van der Waals surface area (Å²) in [7, 11) is 0. The number of rotatable bonds is 1. The fourth-order valence-corrected chi connectivity index (χ4v) is 1.50. The average Bonchev–Trinajstić information content (AvgIpc) is 1.35. The van der Waals surface area contributed by atoms with Crippen molar-refractivity contribution in [2.75, 3.05) is 0 Å². The van der Waals surface area contributed by atoms with E-state index >= 15 is 0 Å². The van der Waals surface area contributed by atoms with Crippen LogP contribution in [0, 0.1) is 0 Å². The quantitative estimate of drug-likeness (QED) is 0.380. The van der Waals surface area contributed by atoms with Crippen LogP contribution in [0.25, 0.3) is 0 Å². The number of hydrogen-bond donors (Lipinski definition) is 0. The van der Waals surface area contributed by atoms with E-state index in [4.69, 9.17) is 0 Å². The van der Waals surface area contributed by atoms with Gasteiger partial charge in [0.1, 0.15) is 0 Å².